The molecule has 1 aromatic heterocycles. The third kappa shape index (κ3) is 4.37. The van der Waals surface area contributed by atoms with Crippen LogP contribution in [0.5, 0.6) is 11.5 Å². The summed E-state index contributed by atoms with van der Waals surface area (Å²) in [7, 11) is 0. The molecule has 0 saturated carbocycles. The van der Waals surface area contributed by atoms with Crippen LogP contribution in [-0.4, -0.2) is 22.9 Å². The van der Waals surface area contributed by atoms with E-state index in [2.05, 4.69) is 31.4 Å². The van der Waals surface area contributed by atoms with Crippen LogP contribution in [0.2, 0.25) is 0 Å². The van der Waals surface area contributed by atoms with Crippen LogP contribution in [0.1, 0.15) is 12.5 Å². The molecule has 3 rings (SSSR count). The molecule has 2 aromatic carbocycles. The summed E-state index contributed by atoms with van der Waals surface area (Å²) in [6.07, 6.45) is 1.53. The van der Waals surface area contributed by atoms with Gasteiger partial charge in [0.15, 0.2) is 11.5 Å². The van der Waals surface area contributed by atoms with Crippen molar-refractivity contribution in [2.24, 2.45) is 5.10 Å². The number of thiazole rings is 1. The van der Waals surface area contributed by atoms with E-state index in [-0.39, 0.29) is 5.75 Å². The molecular weight excluding hydrogens is 402 g/mol. The molecule has 0 atom stereocenters. The zero-order valence-corrected chi connectivity index (χ0v) is 15.8. The molecule has 0 radical (unpaired) electrons. The lowest BCUT2D eigenvalue weighted by molar-refractivity contribution is 0.317. The number of aromatic hydroxyl groups is 1. The van der Waals surface area contributed by atoms with Gasteiger partial charge >= 0.3 is 0 Å². The van der Waals surface area contributed by atoms with Crippen molar-refractivity contribution in [3.05, 3.63) is 57.9 Å². The Labute approximate surface area is 158 Å². The second-order valence-electron chi connectivity index (χ2n) is 5.05. The van der Waals surface area contributed by atoms with Gasteiger partial charge in [0.05, 0.1) is 18.5 Å². The molecule has 2 N–H and O–H groups in total. The van der Waals surface area contributed by atoms with Crippen molar-refractivity contribution >= 4 is 38.6 Å². The first kappa shape index (κ1) is 17.4. The first-order chi connectivity index (χ1) is 12.2. The second kappa shape index (κ2) is 8.13. The number of phenolic OH excluding ortho intramolecular Hbond substituents is 1. The molecule has 0 aliphatic rings. The van der Waals surface area contributed by atoms with Gasteiger partial charge in [-0.25, -0.2) is 4.98 Å². The van der Waals surface area contributed by atoms with Crippen LogP contribution in [0.4, 0.5) is 5.13 Å². The Bertz CT molecular complexity index is 881. The van der Waals surface area contributed by atoms with E-state index in [1.54, 1.807) is 12.1 Å². The number of halogens is 1. The summed E-state index contributed by atoms with van der Waals surface area (Å²) in [5, 5.41) is 17.0. The fourth-order valence-electron chi connectivity index (χ4n) is 2.18. The van der Waals surface area contributed by atoms with Gasteiger partial charge in [0, 0.05) is 21.0 Å². The minimum Gasteiger partial charge on any atom is -0.504 e. The predicted octanol–water partition coefficient (Wildman–Crippen LogP) is 5.12. The van der Waals surface area contributed by atoms with E-state index in [1.807, 2.05) is 42.6 Å². The van der Waals surface area contributed by atoms with Crippen LogP contribution in [0.25, 0.3) is 11.3 Å². The first-order valence-corrected chi connectivity index (χ1v) is 9.30. The van der Waals surface area contributed by atoms with Crippen LogP contribution in [0.3, 0.4) is 0 Å². The highest BCUT2D eigenvalue weighted by Gasteiger charge is 2.09. The number of phenols is 1. The molecule has 0 fully saturated rings. The fourth-order valence-corrected chi connectivity index (χ4v) is 3.31. The summed E-state index contributed by atoms with van der Waals surface area (Å²) in [6, 6.07) is 13.4. The zero-order chi connectivity index (χ0) is 17.6. The monoisotopic (exact) mass is 417 g/mol. The van der Waals surface area contributed by atoms with Gasteiger partial charge in [0.2, 0.25) is 5.13 Å². The molecule has 0 aliphatic carbocycles. The van der Waals surface area contributed by atoms with Gasteiger partial charge in [-0.15, -0.1) is 11.3 Å². The summed E-state index contributed by atoms with van der Waals surface area (Å²) >= 11 is 4.87. The minimum absolute atomic E-state index is 0.0553. The number of hydrogen-bond donors (Lipinski definition) is 2. The maximum atomic E-state index is 10.2. The van der Waals surface area contributed by atoms with Gasteiger partial charge < -0.3 is 9.84 Å². The maximum absolute atomic E-state index is 10.2. The number of hydrazone groups is 1. The molecule has 25 heavy (non-hydrogen) atoms. The Hall–Kier alpha value is -2.38. The van der Waals surface area contributed by atoms with Crippen molar-refractivity contribution in [1.29, 1.82) is 0 Å². The lowest BCUT2D eigenvalue weighted by Crippen LogP contribution is -1.95. The molecule has 0 spiro atoms. The minimum atomic E-state index is 0.0553. The molecule has 7 heteroatoms. The molecule has 128 valence electrons. The SMILES string of the molecule is CCOc1cc(Br)cc(C=NNc2nc(-c3ccccc3)cs2)c1O. The lowest BCUT2D eigenvalue weighted by atomic mass is 10.2. The largest absolute Gasteiger partial charge is 0.504 e. The van der Waals surface area contributed by atoms with E-state index in [1.165, 1.54) is 17.6 Å². The topological polar surface area (TPSA) is 66.7 Å². The van der Waals surface area contributed by atoms with Gasteiger partial charge in [0.25, 0.3) is 0 Å². The highest BCUT2D eigenvalue weighted by Crippen LogP contribution is 2.33. The van der Waals surface area contributed by atoms with Gasteiger partial charge in [0.1, 0.15) is 0 Å². The van der Waals surface area contributed by atoms with Crippen molar-refractivity contribution in [3.63, 3.8) is 0 Å². The van der Waals surface area contributed by atoms with E-state index < -0.39 is 0 Å². The number of anilines is 1. The summed E-state index contributed by atoms with van der Waals surface area (Å²) < 4.78 is 6.20. The fraction of sp³-hybridized carbons (Fsp3) is 0.111. The normalized spacial score (nSPS) is 11.0. The second-order valence-corrected chi connectivity index (χ2v) is 6.82. The van der Waals surface area contributed by atoms with Crippen molar-refractivity contribution in [2.75, 3.05) is 12.0 Å². The zero-order valence-electron chi connectivity index (χ0n) is 13.4. The van der Waals surface area contributed by atoms with Crippen LogP contribution in [0.15, 0.2) is 57.4 Å². The number of rotatable bonds is 6. The molecule has 5 nitrogen and oxygen atoms in total. The van der Waals surface area contributed by atoms with Crippen molar-refractivity contribution in [3.8, 4) is 22.8 Å². The van der Waals surface area contributed by atoms with E-state index in [0.717, 1.165) is 15.7 Å². The highest BCUT2D eigenvalue weighted by molar-refractivity contribution is 9.10. The van der Waals surface area contributed by atoms with Crippen LogP contribution >= 0.6 is 27.3 Å². The summed E-state index contributed by atoms with van der Waals surface area (Å²) in [5.41, 5.74) is 5.39. The first-order valence-electron chi connectivity index (χ1n) is 7.62. The molecule has 0 bridgehead atoms. The van der Waals surface area contributed by atoms with Crippen LogP contribution in [0, 0.1) is 0 Å². The smallest absolute Gasteiger partial charge is 0.203 e. The van der Waals surface area contributed by atoms with Gasteiger partial charge in [-0.1, -0.05) is 46.3 Å². The Morgan fingerprint density at radius 3 is 2.88 bits per heavy atom. The maximum Gasteiger partial charge on any atom is 0.203 e. The Morgan fingerprint density at radius 1 is 1.32 bits per heavy atom. The lowest BCUT2D eigenvalue weighted by Gasteiger charge is -2.08. The number of nitrogens with one attached hydrogen (secondary N) is 1. The van der Waals surface area contributed by atoms with Crippen molar-refractivity contribution < 1.29 is 9.84 Å². The molecular formula is C18H16BrN3O2S. The quantitative estimate of drug-likeness (QED) is 0.431. The standard InChI is InChI=1S/C18H16BrN3O2S/c1-2-24-16-9-14(19)8-13(17(16)23)10-20-22-18-21-15(11-25-18)12-6-4-3-5-7-12/h3-11,23H,2H2,1H3,(H,21,22). The molecule has 0 unspecified atom stereocenters. The average molecular weight is 418 g/mol. The van der Waals surface area contributed by atoms with Crippen molar-refractivity contribution in [1.82, 2.24) is 4.98 Å². The average Bonchev–Trinajstić information content (AvgIpc) is 3.09. The summed E-state index contributed by atoms with van der Waals surface area (Å²) in [4.78, 5) is 4.50. The van der Waals surface area contributed by atoms with E-state index in [4.69, 9.17) is 4.74 Å². The summed E-state index contributed by atoms with van der Waals surface area (Å²) in [5.74, 6) is 0.471. The Morgan fingerprint density at radius 2 is 2.12 bits per heavy atom. The van der Waals surface area contributed by atoms with Gasteiger partial charge in [-0.05, 0) is 19.1 Å². The number of hydrogen-bond acceptors (Lipinski definition) is 6. The number of benzene rings is 2. The highest BCUT2D eigenvalue weighted by atomic mass is 79.9. The molecule has 0 amide bonds. The number of nitrogens with zero attached hydrogens (tertiary/aromatic N) is 2. The Kier molecular flexibility index (Phi) is 5.67. The molecule has 3 aromatic rings. The van der Waals surface area contributed by atoms with Crippen LogP contribution < -0.4 is 10.2 Å². The Balaban J connectivity index is 1.73. The van der Waals surface area contributed by atoms with Crippen LogP contribution in [-0.2, 0) is 0 Å². The summed E-state index contributed by atoms with van der Waals surface area (Å²) in [6.45, 7) is 2.34. The molecule has 0 aliphatic heterocycles. The third-order valence-electron chi connectivity index (χ3n) is 3.31. The number of aromatic nitrogens is 1. The van der Waals surface area contributed by atoms with Crippen molar-refractivity contribution in [2.45, 2.75) is 6.92 Å². The van der Waals surface area contributed by atoms with Gasteiger partial charge in [-0.3, -0.25) is 5.43 Å². The van der Waals surface area contributed by atoms with Gasteiger partial charge in [-0.2, -0.15) is 5.10 Å². The molecule has 0 saturated heterocycles. The molecule has 1 heterocycles. The third-order valence-corrected chi connectivity index (χ3v) is 4.51. The predicted molar refractivity (Wildman–Crippen MR) is 106 cm³/mol. The number of ether oxygens (including phenoxy) is 1. The van der Waals surface area contributed by atoms with E-state index >= 15 is 0 Å². The van der Waals surface area contributed by atoms with E-state index in [0.29, 0.717) is 23.1 Å². The van der Waals surface area contributed by atoms with E-state index in [9.17, 15) is 5.11 Å².